The molecule has 0 aliphatic rings. The Hall–Kier alpha value is -3.15. The number of hydrogen-bond acceptors (Lipinski definition) is 6. The number of carbonyl (C=O) groups excluding carboxylic acids is 1. The molecule has 3 N–H and O–H groups in total. The van der Waals surface area contributed by atoms with Crippen molar-refractivity contribution in [1.82, 2.24) is 0 Å². The van der Waals surface area contributed by atoms with Gasteiger partial charge in [-0.1, -0.05) is 6.07 Å². The van der Waals surface area contributed by atoms with Gasteiger partial charge in [-0.2, -0.15) is 5.26 Å². The molecule has 0 unspecified atom stereocenters. The molecule has 2 atom stereocenters. The summed E-state index contributed by atoms with van der Waals surface area (Å²) in [7, 11) is 0. The van der Waals surface area contributed by atoms with Gasteiger partial charge in [-0.05, 0) is 48.9 Å². The normalized spacial score (nSPS) is 12.6. The second-order valence-electron chi connectivity index (χ2n) is 5.86. The lowest BCUT2D eigenvalue weighted by Gasteiger charge is -2.27. The smallest absolute Gasteiger partial charge is 0.412 e. The van der Waals surface area contributed by atoms with E-state index in [1.807, 2.05) is 6.07 Å². The number of hydrogen-bond donors (Lipinski definition) is 3. The number of phenols is 1. The molecular formula is C20H21FN2O5. The molecule has 0 aliphatic heterocycles. The summed E-state index contributed by atoms with van der Waals surface area (Å²) in [5, 5.41) is 30.0. The number of aliphatic hydroxyl groups is 1. The third kappa shape index (κ3) is 5.67. The number of anilines is 1. The Labute approximate surface area is 161 Å². The molecule has 0 saturated heterocycles. The molecule has 0 spiro atoms. The van der Waals surface area contributed by atoms with Gasteiger partial charge in [0, 0.05) is 25.3 Å². The van der Waals surface area contributed by atoms with E-state index >= 15 is 0 Å². The zero-order valence-corrected chi connectivity index (χ0v) is 15.3. The highest BCUT2D eigenvalue weighted by molar-refractivity contribution is 5.84. The lowest BCUT2D eigenvalue weighted by atomic mass is 10.0. The second-order valence-corrected chi connectivity index (χ2v) is 5.86. The van der Waals surface area contributed by atoms with E-state index < -0.39 is 29.9 Å². The number of nitrogens with zero attached hydrogens (tertiary/aromatic N) is 1. The number of aromatic hydroxyl groups is 1. The third-order valence-corrected chi connectivity index (χ3v) is 3.93. The molecule has 0 saturated carbocycles. The minimum atomic E-state index is -1.01. The number of benzene rings is 2. The lowest BCUT2D eigenvalue weighted by molar-refractivity contribution is -0.0485. The molecular weight excluding hydrogens is 367 g/mol. The van der Waals surface area contributed by atoms with Crippen LogP contribution in [0.2, 0.25) is 0 Å². The van der Waals surface area contributed by atoms with Gasteiger partial charge in [0.05, 0.1) is 11.6 Å². The van der Waals surface area contributed by atoms with Gasteiger partial charge >= 0.3 is 6.09 Å². The molecule has 2 aromatic rings. The van der Waals surface area contributed by atoms with Crippen LogP contribution in [0, 0.1) is 17.1 Å². The number of ether oxygens (including phenoxy) is 2. The molecule has 1 amide bonds. The Morgan fingerprint density at radius 3 is 2.57 bits per heavy atom. The first-order valence-electron chi connectivity index (χ1n) is 8.67. The van der Waals surface area contributed by atoms with Gasteiger partial charge in [-0.25, -0.2) is 9.18 Å². The van der Waals surface area contributed by atoms with Crippen molar-refractivity contribution in [2.45, 2.75) is 25.6 Å². The highest BCUT2D eigenvalue weighted by atomic mass is 19.1. The zero-order valence-electron chi connectivity index (χ0n) is 15.3. The van der Waals surface area contributed by atoms with E-state index in [4.69, 9.17) is 14.7 Å². The number of nitriles is 1. The molecule has 0 heterocycles. The fourth-order valence-corrected chi connectivity index (χ4v) is 2.61. The monoisotopic (exact) mass is 388 g/mol. The number of rotatable bonds is 8. The maximum absolute atomic E-state index is 13.8. The maximum atomic E-state index is 13.8. The molecule has 8 heteroatoms. The van der Waals surface area contributed by atoms with Gasteiger partial charge in [0.2, 0.25) is 0 Å². The van der Waals surface area contributed by atoms with Crippen molar-refractivity contribution in [1.29, 1.82) is 5.26 Å². The first-order chi connectivity index (χ1) is 13.5. The fraction of sp³-hybridized carbons (Fsp3) is 0.300. The minimum Gasteiger partial charge on any atom is -0.505 e. The van der Waals surface area contributed by atoms with E-state index in [1.54, 1.807) is 19.1 Å². The van der Waals surface area contributed by atoms with E-state index in [0.29, 0.717) is 17.9 Å². The molecule has 7 nitrogen and oxygen atoms in total. The van der Waals surface area contributed by atoms with Gasteiger partial charge in [-0.3, -0.25) is 5.32 Å². The number of phenolic OH excluding ortho intramolecular Hbond substituents is 1. The first kappa shape index (κ1) is 21.2. The predicted octanol–water partition coefficient (Wildman–Crippen LogP) is 3.48. The molecule has 148 valence electrons. The highest BCUT2D eigenvalue weighted by Gasteiger charge is 2.28. The van der Waals surface area contributed by atoms with Crippen LogP contribution in [0.4, 0.5) is 14.9 Å². The Kier molecular flexibility index (Phi) is 7.75. The van der Waals surface area contributed by atoms with Crippen molar-refractivity contribution >= 4 is 11.8 Å². The number of aliphatic hydroxyl groups excluding tert-OH is 1. The summed E-state index contributed by atoms with van der Waals surface area (Å²) >= 11 is 0. The average molecular weight is 388 g/mol. The number of amides is 1. The van der Waals surface area contributed by atoms with E-state index in [1.165, 1.54) is 18.2 Å². The van der Waals surface area contributed by atoms with Crippen LogP contribution < -0.4 is 5.32 Å². The fourth-order valence-electron chi connectivity index (χ4n) is 2.61. The van der Waals surface area contributed by atoms with Gasteiger partial charge in [0.25, 0.3) is 0 Å². The van der Waals surface area contributed by atoms with E-state index in [-0.39, 0.29) is 18.6 Å². The van der Waals surface area contributed by atoms with Crippen LogP contribution >= 0.6 is 0 Å². The largest absolute Gasteiger partial charge is 0.505 e. The minimum absolute atomic E-state index is 0.158. The topological polar surface area (TPSA) is 112 Å². The van der Waals surface area contributed by atoms with E-state index in [0.717, 1.165) is 12.1 Å². The lowest BCUT2D eigenvalue weighted by Crippen LogP contribution is -2.29. The van der Waals surface area contributed by atoms with Crippen molar-refractivity contribution in [2.24, 2.45) is 0 Å². The van der Waals surface area contributed by atoms with Crippen molar-refractivity contribution in [3.8, 4) is 11.8 Å². The molecule has 0 aliphatic carbocycles. The van der Waals surface area contributed by atoms with Gasteiger partial charge < -0.3 is 19.7 Å². The zero-order chi connectivity index (χ0) is 20.5. The predicted molar refractivity (Wildman–Crippen MR) is 99.2 cm³/mol. The summed E-state index contributed by atoms with van der Waals surface area (Å²) in [6.45, 7) is 1.82. The Morgan fingerprint density at radius 1 is 1.29 bits per heavy atom. The SMILES string of the molecule is CCO[C@@H](CCO)[C@@H](OC(=O)Nc1ccc(C#N)cc1)c1ccc(O)c(F)c1. The first-order valence-corrected chi connectivity index (χ1v) is 8.67. The molecule has 2 rings (SSSR count). The van der Waals surface area contributed by atoms with E-state index in [9.17, 15) is 19.4 Å². The quantitative estimate of drug-likeness (QED) is 0.638. The van der Waals surface area contributed by atoms with Crippen LogP contribution in [0.25, 0.3) is 0 Å². The van der Waals surface area contributed by atoms with Crippen LogP contribution in [-0.4, -0.2) is 35.6 Å². The van der Waals surface area contributed by atoms with Crippen LogP contribution in [-0.2, 0) is 9.47 Å². The summed E-state index contributed by atoms with van der Waals surface area (Å²) < 4.78 is 24.8. The van der Waals surface area contributed by atoms with Crippen molar-refractivity contribution < 1.29 is 28.9 Å². The van der Waals surface area contributed by atoms with Gasteiger partial charge in [0.1, 0.15) is 6.10 Å². The third-order valence-electron chi connectivity index (χ3n) is 3.93. The maximum Gasteiger partial charge on any atom is 0.412 e. The second kappa shape index (κ2) is 10.3. The number of nitrogens with one attached hydrogen (secondary N) is 1. The van der Waals surface area contributed by atoms with Crippen LogP contribution in [0.3, 0.4) is 0 Å². The molecule has 28 heavy (non-hydrogen) atoms. The van der Waals surface area contributed by atoms with Gasteiger partial charge in [-0.15, -0.1) is 0 Å². The van der Waals surface area contributed by atoms with Crippen molar-refractivity contribution in [3.05, 3.63) is 59.4 Å². The molecule has 0 bridgehead atoms. The molecule has 0 fully saturated rings. The summed E-state index contributed by atoms with van der Waals surface area (Å²) in [5.41, 5.74) is 1.13. The van der Waals surface area contributed by atoms with Crippen LogP contribution in [0.15, 0.2) is 42.5 Å². The van der Waals surface area contributed by atoms with Crippen molar-refractivity contribution in [2.75, 3.05) is 18.5 Å². The summed E-state index contributed by atoms with van der Waals surface area (Å²) in [6, 6.07) is 11.8. The summed E-state index contributed by atoms with van der Waals surface area (Å²) in [4.78, 5) is 12.4. The Morgan fingerprint density at radius 2 is 2.00 bits per heavy atom. The average Bonchev–Trinajstić information content (AvgIpc) is 2.69. The Bertz CT molecular complexity index is 829. The highest BCUT2D eigenvalue weighted by Crippen LogP contribution is 2.29. The summed E-state index contributed by atoms with van der Waals surface area (Å²) in [5.74, 6) is -1.39. The molecule has 0 aromatic heterocycles. The van der Waals surface area contributed by atoms with Crippen molar-refractivity contribution in [3.63, 3.8) is 0 Å². The van der Waals surface area contributed by atoms with Crippen LogP contribution in [0.5, 0.6) is 5.75 Å². The summed E-state index contributed by atoms with van der Waals surface area (Å²) in [6.07, 6.45) is -2.39. The standard InChI is InChI=1S/C20H21FN2O5/c1-2-27-18(9-10-24)19(14-5-8-17(25)16(21)11-14)28-20(26)23-15-6-3-13(12-22)4-7-15/h3-8,11,18-19,24-25H,2,9-10H2,1H3,(H,23,26)/t18-,19-/m0/s1. The number of halogens is 1. The van der Waals surface area contributed by atoms with Crippen LogP contribution in [0.1, 0.15) is 30.6 Å². The molecule has 0 radical (unpaired) electrons. The number of carbonyl (C=O) groups is 1. The van der Waals surface area contributed by atoms with Gasteiger partial charge in [0.15, 0.2) is 17.7 Å². The van der Waals surface area contributed by atoms with E-state index in [2.05, 4.69) is 5.32 Å². The Balaban J connectivity index is 2.22. The molecule has 2 aromatic carbocycles.